The van der Waals surface area contributed by atoms with Gasteiger partial charge in [0.25, 0.3) is 5.91 Å². The molecule has 0 bridgehead atoms. The number of benzene rings is 2. The summed E-state index contributed by atoms with van der Waals surface area (Å²) in [6.45, 7) is 2.51. The van der Waals surface area contributed by atoms with E-state index < -0.39 is 18.0 Å². The zero-order valence-corrected chi connectivity index (χ0v) is 16.6. The second-order valence-electron chi connectivity index (χ2n) is 6.75. The highest BCUT2D eigenvalue weighted by Gasteiger charge is 2.31. The van der Waals surface area contributed by atoms with E-state index in [2.05, 4.69) is 53.2 Å². The van der Waals surface area contributed by atoms with Gasteiger partial charge in [0.05, 0.1) is 6.42 Å². The lowest BCUT2D eigenvalue weighted by Crippen LogP contribution is -2.37. The van der Waals surface area contributed by atoms with Crippen LogP contribution in [0.3, 0.4) is 0 Å². The quantitative estimate of drug-likeness (QED) is 0.495. The van der Waals surface area contributed by atoms with Crippen LogP contribution in [0.2, 0.25) is 0 Å². The predicted molar refractivity (Wildman–Crippen MR) is 110 cm³/mol. The van der Waals surface area contributed by atoms with Crippen molar-refractivity contribution in [2.75, 3.05) is 12.8 Å². The number of imide groups is 1. The molecule has 0 radical (unpaired) electrons. The topological polar surface area (TPSA) is 87.3 Å². The van der Waals surface area contributed by atoms with Crippen molar-refractivity contribution >= 4 is 29.6 Å². The summed E-state index contributed by atoms with van der Waals surface area (Å²) in [5, 5.41) is 7.42. The van der Waals surface area contributed by atoms with Crippen LogP contribution in [0.5, 0.6) is 0 Å². The summed E-state index contributed by atoms with van der Waals surface area (Å²) in [5.41, 5.74) is 3.49. The minimum atomic E-state index is -0.797. The fourth-order valence-corrected chi connectivity index (χ4v) is 3.92. The zero-order chi connectivity index (χ0) is 20.1. The molecule has 3 N–H and O–H groups in total. The first-order valence-corrected chi connectivity index (χ1v) is 10.3. The van der Waals surface area contributed by atoms with Crippen molar-refractivity contribution in [2.24, 2.45) is 0 Å². The molecule has 0 aliphatic carbocycles. The molecule has 0 spiro atoms. The Bertz CT molecular complexity index is 886. The van der Waals surface area contributed by atoms with Gasteiger partial charge in [-0.2, -0.15) is 0 Å². The molecule has 146 valence electrons. The van der Waals surface area contributed by atoms with Crippen molar-refractivity contribution in [2.45, 2.75) is 30.2 Å². The normalized spacial score (nSPS) is 17.0. The lowest BCUT2D eigenvalue weighted by molar-refractivity contribution is -0.126. The first-order chi connectivity index (χ1) is 13.5. The first-order valence-electron chi connectivity index (χ1n) is 9.09. The van der Waals surface area contributed by atoms with Crippen LogP contribution >= 0.6 is 11.8 Å². The van der Waals surface area contributed by atoms with Gasteiger partial charge < -0.3 is 10.6 Å². The molecule has 1 saturated heterocycles. The number of amides is 4. The van der Waals surface area contributed by atoms with E-state index in [0.717, 1.165) is 5.56 Å². The minimum Gasteiger partial charge on any atom is -0.355 e. The Morgan fingerprint density at radius 2 is 1.89 bits per heavy atom. The summed E-state index contributed by atoms with van der Waals surface area (Å²) in [4.78, 5) is 36.0. The van der Waals surface area contributed by atoms with Crippen molar-refractivity contribution < 1.29 is 14.4 Å². The molecule has 0 aromatic heterocycles. The summed E-state index contributed by atoms with van der Waals surface area (Å²) in [7, 11) is 0. The molecule has 1 heterocycles. The number of hydrogen-bond donors (Lipinski definition) is 3. The molecule has 2 aromatic rings. The van der Waals surface area contributed by atoms with Gasteiger partial charge in [-0.3, -0.25) is 14.9 Å². The second-order valence-corrected chi connectivity index (χ2v) is 7.60. The third-order valence-electron chi connectivity index (χ3n) is 4.72. The number of hydrogen-bond acceptors (Lipinski definition) is 4. The van der Waals surface area contributed by atoms with E-state index in [-0.39, 0.29) is 18.2 Å². The number of nitrogens with one attached hydrogen (secondary N) is 3. The Labute approximate surface area is 168 Å². The molecule has 2 unspecified atom stereocenters. The maximum Gasteiger partial charge on any atom is 0.322 e. The maximum atomic E-state index is 12.1. The molecule has 1 fully saturated rings. The molecule has 2 aromatic carbocycles. The van der Waals surface area contributed by atoms with Gasteiger partial charge in [-0.15, -0.1) is 11.8 Å². The summed E-state index contributed by atoms with van der Waals surface area (Å²) in [5.74, 6) is -0.613. The van der Waals surface area contributed by atoms with Gasteiger partial charge in [0, 0.05) is 11.4 Å². The molecule has 3 rings (SSSR count). The van der Waals surface area contributed by atoms with Crippen molar-refractivity contribution in [1.82, 2.24) is 16.0 Å². The molecular formula is C21H23N3O3S. The van der Waals surface area contributed by atoms with E-state index in [1.165, 1.54) is 16.0 Å². The molecule has 2 atom stereocenters. The van der Waals surface area contributed by atoms with Gasteiger partial charge >= 0.3 is 6.03 Å². The molecule has 1 aliphatic heterocycles. The van der Waals surface area contributed by atoms with E-state index >= 15 is 0 Å². The molecule has 6 nitrogen and oxygen atoms in total. The van der Waals surface area contributed by atoms with E-state index in [9.17, 15) is 14.4 Å². The summed E-state index contributed by atoms with van der Waals surface area (Å²) in [6, 6.07) is 15.2. The van der Waals surface area contributed by atoms with Crippen LogP contribution in [0.4, 0.5) is 4.79 Å². The average Bonchev–Trinajstić information content (AvgIpc) is 3.02. The van der Waals surface area contributed by atoms with E-state index in [1.807, 2.05) is 24.5 Å². The van der Waals surface area contributed by atoms with Crippen LogP contribution in [0.25, 0.3) is 11.1 Å². The van der Waals surface area contributed by atoms with Crippen molar-refractivity contribution in [3.63, 3.8) is 0 Å². The van der Waals surface area contributed by atoms with Crippen molar-refractivity contribution in [3.05, 3.63) is 54.1 Å². The largest absolute Gasteiger partial charge is 0.355 e. The SMILES string of the molecule is CSc1cc(-c2ccccc2)ccc1C(C)CNC(=O)CC1NC(=O)NC1=O. The van der Waals surface area contributed by atoms with Crippen LogP contribution in [-0.2, 0) is 9.59 Å². The number of thioether (sulfide) groups is 1. The van der Waals surface area contributed by atoms with Crippen LogP contribution < -0.4 is 16.0 Å². The first kappa shape index (κ1) is 19.9. The van der Waals surface area contributed by atoms with Crippen molar-refractivity contribution in [3.8, 4) is 11.1 Å². The number of urea groups is 1. The molecule has 0 saturated carbocycles. The summed E-state index contributed by atoms with van der Waals surface area (Å²) >= 11 is 1.68. The van der Waals surface area contributed by atoms with Gasteiger partial charge in [-0.1, -0.05) is 49.4 Å². The summed E-state index contributed by atoms with van der Waals surface area (Å²) < 4.78 is 0. The number of rotatable bonds is 7. The number of carbonyl (C=O) groups excluding carboxylic acids is 3. The van der Waals surface area contributed by atoms with Crippen LogP contribution in [0, 0.1) is 0 Å². The molecule has 1 aliphatic rings. The monoisotopic (exact) mass is 397 g/mol. The average molecular weight is 398 g/mol. The minimum absolute atomic E-state index is 0.0629. The Morgan fingerprint density at radius 3 is 2.54 bits per heavy atom. The van der Waals surface area contributed by atoms with Crippen LogP contribution in [0.15, 0.2) is 53.4 Å². The highest BCUT2D eigenvalue weighted by molar-refractivity contribution is 7.98. The molecule has 28 heavy (non-hydrogen) atoms. The van der Waals surface area contributed by atoms with Crippen LogP contribution in [-0.4, -0.2) is 36.7 Å². The third-order valence-corrected chi connectivity index (χ3v) is 5.52. The Morgan fingerprint density at radius 1 is 1.14 bits per heavy atom. The highest BCUT2D eigenvalue weighted by atomic mass is 32.2. The maximum absolute atomic E-state index is 12.1. The van der Waals surface area contributed by atoms with Crippen LogP contribution in [0.1, 0.15) is 24.8 Å². The highest BCUT2D eigenvalue weighted by Crippen LogP contribution is 2.31. The predicted octanol–water partition coefficient (Wildman–Crippen LogP) is 2.89. The fraction of sp³-hybridized carbons (Fsp3) is 0.286. The van der Waals surface area contributed by atoms with Gasteiger partial charge in [0.2, 0.25) is 5.91 Å². The third kappa shape index (κ3) is 4.72. The number of carbonyl (C=O) groups is 3. The summed E-state index contributed by atoms with van der Waals surface area (Å²) in [6.07, 6.45) is 1.98. The van der Waals surface area contributed by atoms with Crippen molar-refractivity contribution in [1.29, 1.82) is 0 Å². The van der Waals surface area contributed by atoms with E-state index in [0.29, 0.717) is 6.54 Å². The molecule has 7 heteroatoms. The molecule has 4 amide bonds. The Hall–Kier alpha value is -2.80. The second kappa shape index (κ2) is 8.93. The fourth-order valence-electron chi connectivity index (χ4n) is 3.17. The van der Waals surface area contributed by atoms with E-state index in [1.54, 1.807) is 11.8 Å². The van der Waals surface area contributed by atoms with Gasteiger partial charge in [0.1, 0.15) is 6.04 Å². The van der Waals surface area contributed by atoms with Gasteiger partial charge in [-0.25, -0.2) is 4.79 Å². The lowest BCUT2D eigenvalue weighted by atomic mass is 9.97. The Kier molecular flexibility index (Phi) is 6.36. The smallest absolute Gasteiger partial charge is 0.322 e. The lowest BCUT2D eigenvalue weighted by Gasteiger charge is -2.18. The standard InChI is InChI=1S/C21H23N3O3S/c1-13(12-22-19(25)11-17-20(26)24-21(27)23-17)16-9-8-15(10-18(16)28-2)14-6-4-3-5-7-14/h3-10,13,17H,11-12H2,1-2H3,(H,22,25)(H2,23,24,26,27). The zero-order valence-electron chi connectivity index (χ0n) is 15.8. The van der Waals surface area contributed by atoms with E-state index in [4.69, 9.17) is 0 Å². The molecular weight excluding hydrogens is 374 g/mol. The van der Waals surface area contributed by atoms with Gasteiger partial charge in [-0.05, 0) is 34.9 Å². The van der Waals surface area contributed by atoms with Gasteiger partial charge in [0.15, 0.2) is 0 Å². The Balaban J connectivity index is 1.62.